The highest BCUT2D eigenvalue weighted by atomic mass is 19.1. The number of carbonyl (C=O) groups excluding carboxylic acids is 3. The van der Waals surface area contributed by atoms with Crippen LogP contribution in [0, 0.1) is 5.82 Å². The molecule has 1 aromatic rings. The van der Waals surface area contributed by atoms with Gasteiger partial charge in [-0.2, -0.15) is 0 Å². The topological polar surface area (TPSA) is 66.5 Å². The van der Waals surface area contributed by atoms with E-state index in [4.69, 9.17) is 0 Å². The van der Waals surface area contributed by atoms with Gasteiger partial charge in [-0.25, -0.2) is 4.39 Å². The van der Waals surface area contributed by atoms with E-state index in [9.17, 15) is 18.8 Å². The molecule has 5 nitrogen and oxygen atoms in total. The van der Waals surface area contributed by atoms with Crippen molar-refractivity contribution in [1.82, 2.24) is 4.90 Å². The quantitative estimate of drug-likeness (QED) is 0.834. The number of imide groups is 1. The predicted octanol–water partition coefficient (Wildman–Crippen LogP) is 1.30. The van der Waals surface area contributed by atoms with Crippen molar-refractivity contribution in [2.75, 3.05) is 11.9 Å². The van der Waals surface area contributed by atoms with Crippen molar-refractivity contribution in [2.24, 2.45) is 0 Å². The zero-order valence-electron chi connectivity index (χ0n) is 10.2. The van der Waals surface area contributed by atoms with Gasteiger partial charge in [-0.3, -0.25) is 19.3 Å². The van der Waals surface area contributed by atoms with Crippen molar-refractivity contribution >= 4 is 23.4 Å². The number of rotatable bonds is 4. The smallest absolute Gasteiger partial charge is 0.229 e. The van der Waals surface area contributed by atoms with E-state index >= 15 is 0 Å². The van der Waals surface area contributed by atoms with Crippen LogP contribution < -0.4 is 5.32 Å². The Morgan fingerprint density at radius 3 is 2.32 bits per heavy atom. The maximum absolute atomic E-state index is 12.7. The van der Waals surface area contributed by atoms with Gasteiger partial charge in [0, 0.05) is 31.5 Å². The monoisotopic (exact) mass is 264 g/mol. The minimum Gasteiger partial charge on any atom is -0.326 e. The summed E-state index contributed by atoms with van der Waals surface area (Å²) in [7, 11) is 0. The Hall–Kier alpha value is -2.24. The first-order chi connectivity index (χ1) is 9.06. The zero-order valence-corrected chi connectivity index (χ0v) is 10.2. The van der Waals surface area contributed by atoms with Crippen LogP contribution in [0.4, 0.5) is 10.1 Å². The molecule has 0 unspecified atom stereocenters. The second-order valence-electron chi connectivity index (χ2n) is 4.24. The molecule has 1 N–H and O–H groups in total. The number of likely N-dealkylation sites (tertiary alicyclic amines) is 1. The maximum atomic E-state index is 12.7. The van der Waals surface area contributed by atoms with Crippen molar-refractivity contribution in [1.29, 1.82) is 0 Å². The standard InChI is InChI=1S/C13H13FN2O3/c14-9-1-3-10(4-2-9)15-11(17)7-8-16-12(18)5-6-13(16)19/h1-4H,5-8H2,(H,15,17). The van der Waals surface area contributed by atoms with Gasteiger partial charge in [0.2, 0.25) is 17.7 Å². The van der Waals surface area contributed by atoms with Gasteiger partial charge in [-0.15, -0.1) is 0 Å². The molecule has 100 valence electrons. The summed E-state index contributed by atoms with van der Waals surface area (Å²) in [6.07, 6.45) is 0.478. The Labute approximate surface area is 109 Å². The third-order valence-corrected chi connectivity index (χ3v) is 2.85. The molecule has 0 aliphatic carbocycles. The first-order valence-corrected chi connectivity index (χ1v) is 5.95. The molecule has 2 rings (SSSR count). The first kappa shape index (κ1) is 13.2. The predicted molar refractivity (Wildman–Crippen MR) is 65.6 cm³/mol. The van der Waals surface area contributed by atoms with E-state index in [1.165, 1.54) is 24.3 Å². The Morgan fingerprint density at radius 2 is 1.74 bits per heavy atom. The van der Waals surface area contributed by atoms with E-state index in [1.54, 1.807) is 0 Å². The van der Waals surface area contributed by atoms with Gasteiger partial charge >= 0.3 is 0 Å². The van der Waals surface area contributed by atoms with Crippen LogP contribution in [0.3, 0.4) is 0 Å². The fourth-order valence-corrected chi connectivity index (χ4v) is 1.84. The Morgan fingerprint density at radius 1 is 1.16 bits per heavy atom. The van der Waals surface area contributed by atoms with Crippen LogP contribution in [-0.4, -0.2) is 29.2 Å². The molecule has 3 amide bonds. The molecule has 1 aliphatic rings. The van der Waals surface area contributed by atoms with Gasteiger partial charge in [0.25, 0.3) is 0 Å². The highest BCUT2D eigenvalue weighted by Gasteiger charge is 2.28. The molecule has 0 radical (unpaired) electrons. The number of carbonyl (C=O) groups is 3. The fourth-order valence-electron chi connectivity index (χ4n) is 1.84. The van der Waals surface area contributed by atoms with Crippen molar-refractivity contribution < 1.29 is 18.8 Å². The number of nitrogens with one attached hydrogen (secondary N) is 1. The lowest BCUT2D eigenvalue weighted by Gasteiger charge is -2.13. The number of amides is 3. The van der Waals surface area contributed by atoms with Crippen LogP contribution in [0.2, 0.25) is 0 Å². The molecule has 0 atom stereocenters. The van der Waals surface area contributed by atoms with Crippen LogP contribution in [0.1, 0.15) is 19.3 Å². The number of hydrogen-bond donors (Lipinski definition) is 1. The molecule has 1 heterocycles. The highest BCUT2D eigenvalue weighted by Crippen LogP contribution is 2.13. The van der Waals surface area contributed by atoms with Crippen LogP contribution in [0.25, 0.3) is 0 Å². The minimum absolute atomic E-state index is 0.0366. The number of hydrogen-bond acceptors (Lipinski definition) is 3. The summed E-state index contributed by atoms with van der Waals surface area (Å²) in [4.78, 5) is 35.4. The van der Waals surface area contributed by atoms with E-state index in [1.807, 2.05) is 0 Å². The van der Waals surface area contributed by atoms with Crippen LogP contribution in [0.15, 0.2) is 24.3 Å². The van der Waals surface area contributed by atoms with Gasteiger partial charge in [0.15, 0.2) is 0 Å². The van der Waals surface area contributed by atoms with Crippen molar-refractivity contribution in [2.45, 2.75) is 19.3 Å². The molecule has 0 spiro atoms. The fraction of sp³-hybridized carbons (Fsp3) is 0.308. The molecule has 0 bridgehead atoms. The second-order valence-corrected chi connectivity index (χ2v) is 4.24. The average Bonchev–Trinajstić information content (AvgIpc) is 2.70. The summed E-state index contributed by atoms with van der Waals surface area (Å²) in [5.41, 5.74) is 0.477. The van der Waals surface area contributed by atoms with Crippen molar-refractivity contribution in [3.63, 3.8) is 0 Å². The van der Waals surface area contributed by atoms with Gasteiger partial charge < -0.3 is 5.32 Å². The Balaban J connectivity index is 1.83. The normalized spacial score (nSPS) is 14.9. The minimum atomic E-state index is -0.383. The lowest BCUT2D eigenvalue weighted by Crippen LogP contribution is -2.32. The lowest BCUT2D eigenvalue weighted by atomic mass is 10.3. The molecule has 1 saturated heterocycles. The largest absolute Gasteiger partial charge is 0.326 e. The summed E-state index contributed by atoms with van der Waals surface area (Å²) in [5.74, 6) is -1.18. The summed E-state index contributed by atoms with van der Waals surface area (Å²) >= 11 is 0. The molecule has 0 saturated carbocycles. The highest BCUT2D eigenvalue weighted by molar-refractivity contribution is 6.02. The third kappa shape index (κ3) is 3.37. The number of nitrogens with zero attached hydrogens (tertiary/aromatic N) is 1. The van der Waals surface area contributed by atoms with Crippen LogP contribution in [-0.2, 0) is 14.4 Å². The first-order valence-electron chi connectivity index (χ1n) is 5.95. The number of halogens is 1. The van der Waals surface area contributed by atoms with Gasteiger partial charge in [-0.1, -0.05) is 0 Å². The van der Waals surface area contributed by atoms with E-state index in [2.05, 4.69) is 5.32 Å². The maximum Gasteiger partial charge on any atom is 0.229 e. The van der Waals surface area contributed by atoms with Gasteiger partial charge in [0.05, 0.1) is 0 Å². The molecule has 19 heavy (non-hydrogen) atoms. The third-order valence-electron chi connectivity index (χ3n) is 2.85. The summed E-state index contributed by atoms with van der Waals surface area (Å²) in [6, 6.07) is 5.37. The van der Waals surface area contributed by atoms with Crippen LogP contribution >= 0.6 is 0 Å². The number of benzene rings is 1. The molecule has 1 aliphatic heterocycles. The Kier molecular flexibility index (Phi) is 3.89. The molecule has 1 fully saturated rings. The molecular weight excluding hydrogens is 251 g/mol. The van der Waals surface area contributed by atoms with E-state index in [-0.39, 0.29) is 49.3 Å². The summed E-state index contributed by atoms with van der Waals surface area (Å²) in [5, 5.41) is 2.57. The average molecular weight is 264 g/mol. The van der Waals surface area contributed by atoms with Crippen molar-refractivity contribution in [3.05, 3.63) is 30.1 Å². The second kappa shape index (κ2) is 5.60. The molecule has 6 heteroatoms. The zero-order chi connectivity index (χ0) is 13.8. The number of anilines is 1. The van der Waals surface area contributed by atoms with E-state index in [0.29, 0.717) is 5.69 Å². The van der Waals surface area contributed by atoms with E-state index < -0.39 is 0 Å². The Bertz CT molecular complexity index is 497. The van der Waals surface area contributed by atoms with Crippen LogP contribution in [0.5, 0.6) is 0 Å². The molecular formula is C13H13FN2O3. The molecule has 1 aromatic carbocycles. The van der Waals surface area contributed by atoms with Gasteiger partial charge in [0.1, 0.15) is 5.82 Å². The van der Waals surface area contributed by atoms with Crippen molar-refractivity contribution in [3.8, 4) is 0 Å². The SMILES string of the molecule is O=C(CCN1C(=O)CCC1=O)Nc1ccc(F)cc1. The van der Waals surface area contributed by atoms with Gasteiger partial charge in [-0.05, 0) is 24.3 Å². The molecule has 0 aromatic heterocycles. The van der Waals surface area contributed by atoms with E-state index in [0.717, 1.165) is 4.90 Å². The lowest BCUT2D eigenvalue weighted by molar-refractivity contribution is -0.138. The summed E-state index contributed by atoms with van der Waals surface area (Å²) in [6.45, 7) is 0.0880. The summed E-state index contributed by atoms with van der Waals surface area (Å²) < 4.78 is 12.7.